The molecule has 1 rings (SSSR count). The van der Waals surface area contributed by atoms with E-state index in [9.17, 15) is 0 Å². The molecule has 2 heteroatoms. The molecule has 1 aromatic carbocycles. The topological polar surface area (TPSA) is 21.3 Å². The van der Waals surface area contributed by atoms with E-state index in [1.54, 1.807) is 0 Å². The fraction of sp³-hybridized carbons (Fsp3) is 0.625. The zero-order valence-corrected chi connectivity index (χ0v) is 12.3. The molecule has 1 N–H and O–H groups in total. The Morgan fingerprint density at radius 2 is 1.72 bits per heavy atom. The maximum Gasteiger partial charge on any atom is 0.119 e. The van der Waals surface area contributed by atoms with Crippen molar-refractivity contribution in [2.75, 3.05) is 11.9 Å². The van der Waals surface area contributed by atoms with Crippen molar-refractivity contribution in [1.29, 1.82) is 0 Å². The minimum Gasteiger partial charge on any atom is -0.494 e. The molecule has 0 aliphatic heterocycles. The molecule has 0 heterocycles. The third-order valence-electron chi connectivity index (χ3n) is 3.05. The summed E-state index contributed by atoms with van der Waals surface area (Å²) in [5.41, 5.74) is 1.32. The van der Waals surface area contributed by atoms with Crippen LogP contribution in [0, 0.1) is 0 Å². The summed E-state index contributed by atoms with van der Waals surface area (Å²) in [6.45, 7) is 9.49. The molecule has 0 aliphatic rings. The van der Waals surface area contributed by atoms with E-state index in [0.717, 1.165) is 12.4 Å². The highest BCUT2D eigenvalue weighted by Crippen LogP contribution is 2.22. The molecule has 0 radical (unpaired) electrons. The first-order chi connectivity index (χ1) is 8.57. The molecule has 102 valence electrons. The highest BCUT2D eigenvalue weighted by molar-refractivity contribution is 5.48. The molecule has 0 amide bonds. The quantitative estimate of drug-likeness (QED) is 0.665. The zero-order chi connectivity index (χ0) is 13.4. The molecule has 0 aromatic heterocycles. The Bertz CT molecular complexity index is 329. The molecule has 0 saturated carbocycles. The summed E-state index contributed by atoms with van der Waals surface area (Å²) in [5, 5.41) is 3.59. The van der Waals surface area contributed by atoms with Crippen LogP contribution in [-0.2, 0) is 0 Å². The van der Waals surface area contributed by atoms with Crippen LogP contribution >= 0.6 is 0 Å². The summed E-state index contributed by atoms with van der Waals surface area (Å²) >= 11 is 0. The van der Waals surface area contributed by atoms with E-state index in [1.807, 2.05) is 19.1 Å². The van der Waals surface area contributed by atoms with Gasteiger partial charge >= 0.3 is 0 Å². The zero-order valence-electron chi connectivity index (χ0n) is 12.3. The normalized spacial score (nSPS) is 11.3. The Hall–Kier alpha value is -1.18. The van der Waals surface area contributed by atoms with Crippen LogP contribution < -0.4 is 10.1 Å². The van der Waals surface area contributed by atoms with Crippen LogP contribution in [0.5, 0.6) is 5.75 Å². The Morgan fingerprint density at radius 1 is 1.06 bits per heavy atom. The molecule has 0 fully saturated rings. The fourth-order valence-corrected chi connectivity index (χ4v) is 2.07. The van der Waals surface area contributed by atoms with Crippen LogP contribution in [-0.4, -0.2) is 12.1 Å². The summed E-state index contributed by atoms with van der Waals surface area (Å²) in [4.78, 5) is 0. The molecule has 0 spiro atoms. The minimum absolute atomic E-state index is 0.155. The van der Waals surface area contributed by atoms with Crippen molar-refractivity contribution in [3.05, 3.63) is 24.3 Å². The van der Waals surface area contributed by atoms with Gasteiger partial charge in [-0.25, -0.2) is 0 Å². The second-order valence-corrected chi connectivity index (χ2v) is 5.42. The van der Waals surface area contributed by atoms with Crippen molar-refractivity contribution in [1.82, 2.24) is 0 Å². The minimum atomic E-state index is 0.155. The summed E-state index contributed by atoms with van der Waals surface area (Å²) in [6, 6.07) is 8.22. The molecular weight excluding hydrogens is 222 g/mol. The van der Waals surface area contributed by atoms with Crippen molar-refractivity contribution in [2.45, 2.75) is 58.9 Å². The van der Waals surface area contributed by atoms with E-state index < -0.39 is 0 Å². The Kier molecular flexibility index (Phi) is 6.03. The molecule has 0 atom stereocenters. The van der Waals surface area contributed by atoms with Gasteiger partial charge in [-0.1, -0.05) is 26.2 Å². The van der Waals surface area contributed by atoms with Crippen LogP contribution in [0.4, 0.5) is 5.69 Å². The maximum atomic E-state index is 5.44. The first kappa shape index (κ1) is 14.9. The second kappa shape index (κ2) is 7.30. The lowest BCUT2D eigenvalue weighted by atomic mass is 9.96. The highest BCUT2D eigenvalue weighted by Gasteiger charge is 2.16. The predicted octanol–water partition coefficient (Wildman–Crippen LogP) is 4.86. The van der Waals surface area contributed by atoms with Crippen molar-refractivity contribution in [3.63, 3.8) is 0 Å². The van der Waals surface area contributed by atoms with Gasteiger partial charge in [-0.3, -0.25) is 0 Å². The van der Waals surface area contributed by atoms with Gasteiger partial charge in [-0.15, -0.1) is 0 Å². The van der Waals surface area contributed by atoms with Gasteiger partial charge in [0.15, 0.2) is 0 Å². The third kappa shape index (κ3) is 5.44. The lowest BCUT2D eigenvalue weighted by molar-refractivity contribution is 0.340. The standard InChI is InChI=1S/C16H27NO/c1-5-7-8-13-16(3,4)17-14-9-11-15(12-10-14)18-6-2/h9-12,17H,5-8,13H2,1-4H3. The van der Waals surface area contributed by atoms with Crippen molar-refractivity contribution < 1.29 is 4.74 Å². The van der Waals surface area contributed by atoms with Gasteiger partial charge in [0.05, 0.1) is 6.61 Å². The van der Waals surface area contributed by atoms with Crippen LogP contribution in [0.1, 0.15) is 53.4 Å². The summed E-state index contributed by atoms with van der Waals surface area (Å²) < 4.78 is 5.44. The molecule has 0 aliphatic carbocycles. The second-order valence-electron chi connectivity index (χ2n) is 5.42. The van der Waals surface area contributed by atoms with E-state index in [4.69, 9.17) is 4.74 Å². The molecule has 0 bridgehead atoms. The molecule has 0 saturated heterocycles. The third-order valence-corrected chi connectivity index (χ3v) is 3.05. The Morgan fingerprint density at radius 3 is 2.28 bits per heavy atom. The van der Waals surface area contributed by atoms with E-state index in [2.05, 4.69) is 38.2 Å². The molecule has 2 nitrogen and oxygen atoms in total. The lowest BCUT2D eigenvalue weighted by Gasteiger charge is -2.27. The molecule has 1 aromatic rings. The largest absolute Gasteiger partial charge is 0.494 e. The average Bonchev–Trinajstić information content (AvgIpc) is 2.32. The van der Waals surface area contributed by atoms with Crippen LogP contribution in [0.3, 0.4) is 0 Å². The fourth-order valence-electron chi connectivity index (χ4n) is 2.07. The number of anilines is 1. The maximum absolute atomic E-state index is 5.44. The van der Waals surface area contributed by atoms with Crippen LogP contribution in [0.25, 0.3) is 0 Å². The van der Waals surface area contributed by atoms with E-state index in [-0.39, 0.29) is 5.54 Å². The van der Waals surface area contributed by atoms with Gasteiger partial charge in [-0.05, 0) is 51.5 Å². The van der Waals surface area contributed by atoms with Crippen LogP contribution in [0.2, 0.25) is 0 Å². The number of unbranched alkanes of at least 4 members (excludes halogenated alkanes) is 2. The molecular formula is C16H27NO. The predicted molar refractivity (Wildman–Crippen MR) is 79.5 cm³/mol. The SMILES string of the molecule is CCCCCC(C)(C)Nc1ccc(OCC)cc1. The number of rotatable bonds is 8. The highest BCUT2D eigenvalue weighted by atomic mass is 16.5. The average molecular weight is 249 g/mol. The van der Waals surface area contributed by atoms with Gasteiger partial charge in [0.25, 0.3) is 0 Å². The number of hydrogen-bond donors (Lipinski definition) is 1. The van der Waals surface area contributed by atoms with E-state index in [1.165, 1.54) is 31.4 Å². The molecule has 0 unspecified atom stereocenters. The number of nitrogens with one attached hydrogen (secondary N) is 1. The first-order valence-corrected chi connectivity index (χ1v) is 7.08. The first-order valence-electron chi connectivity index (χ1n) is 7.08. The number of hydrogen-bond acceptors (Lipinski definition) is 2. The summed E-state index contributed by atoms with van der Waals surface area (Å²) in [6.07, 6.45) is 5.08. The van der Waals surface area contributed by atoms with Crippen molar-refractivity contribution in [2.24, 2.45) is 0 Å². The Labute approximate surface area is 112 Å². The van der Waals surface area contributed by atoms with Gasteiger partial charge < -0.3 is 10.1 Å². The number of ether oxygens (including phenoxy) is 1. The van der Waals surface area contributed by atoms with E-state index in [0.29, 0.717) is 0 Å². The van der Waals surface area contributed by atoms with Crippen LogP contribution in [0.15, 0.2) is 24.3 Å². The van der Waals surface area contributed by atoms with Gasteiger partial charge in [0.1, 0.15) is 5.75 Å². The van der Waals surface area contributed by atoms with Gasteiger partial charge in [-0.2, -0.15) is 0 Å². The molecule has 18 heavy (non-hydrogen) atoms. The van der Waals surface area contributed by atoms with Crippen molar-refractivity contribution >= 4 is 5.69 Å². The van der Waals surface area contributed by atoms with Gasteiger partial charge in [0, 0.05) is 11.2 Å². The summed E-state index contributed by atoms with van der Waals surface area (Å²) in [5.74, 6) is 0.937. The summed E-state index contributed by atoms with van der Waals surface area (Å²) in [7, 11) is 0. The van der Waals surface area contributed by atoms with Gasteiger partial charge in [0.2, 0.25) is 0 Å². The monoisotopic (exact) mass is 249 g/mol. The number of benzene rings is 1. The van der Waals surface area contributed by atoms with E-state index >= 15 is 0 Å². The smallest absolute Gasteiger partial charge is 0.119 e. The lowest BCUT2D eigenvalue weighted by Crippen LogP contribution is -2.30. The Balaban J connectivity index is 2.49. The van der Waals surface area contributed by atoms with Crippen molar-refractivity contribution in [3.8, 4) is 5.75 Å².